The van der Waals surface area contributed by atoms with Crippen molar-refractivity contribution in [3.05, 3.63) is 47.7 Å². The Bertz CT molecular complexity index is 689. The van der Waals surface area contributed by atoms with Gasteiger partial charge in [0, 0.05) is 24.7 Å². The van der Waals surface area contributed by atoms with Gasteiger partial charge < -0.3 is 14.8 Å². The molecule has 0 aliphatic carbocycles. The molecular formula is C16H15F3N2O2. The summed E-state index contributed by atoms with van der Waals surface area (Å²) in [7, 11) is 0. The van der Waals surface area contributed by atoms with Crippen molar-refractivity contribution in [2.45, 2.75) is 19.1 Å². The summed E-state index contributed by atoms with van der Waals surface area (Å²) < 4.78 is 50.2. The normalized spacial score (nSPS) is 14.2. The van der Waals surface area contributed by atoms with Gasteiger partial charge in [-0.25, -0.2) is 4.98 Å². The van der Waals surface area contributed by atoms with Crippen LogP contribution in [0.4, 0.5) is 19.0 Å². The monoisotopic (exact) mass is 324 g/mol. The predicted octanol–water partition coefficient (Wildman–Crippen LogP) is 3.87. The van der Waals surface area contributed by atoms with Gasteiger partial charge >= 0.3 is 6.18 Å². The molecule has 0 saturated carbocycles. The number of nitrogens with one attached hydrogen (secondary N) is 1. The summed E-state index contributed by atoms with van der Waals surface area (Å²) in [5, 5.41) is 2.74. The van der Waals surface area contributed by atoms with Crippen LogP contribution in [0.3, 0.4) is 0 Å². The summed E-state index contributed by atoms with van der Waals surface area (Å²) in [5.41, 5.74) is -0.0673. The number of nitrogens with zero attached hydrogens (tertiary/aromatic N) is 1. The average molecular weight is 324 g/mol. The molecule has 0 amide bonds. The van der Waals surface area contributed by atoms with Crippen LogP contribution in [-0.4, -0.2) is 18.2 Å². The zero-order valence-electron chi connectivity index (χ0n) is 12.2. The minimum atomic E-state index is -4.45. The van der Waals surface area contributed by atoms with E-state index in [2.05, 4.69) is 10.3 Å². The molecule has 2 heterocycles. The number of fused-ring (bicyclic) bond motifs is 1. The molecule has 23 heavy (non-hydrogen) atoms. The maximum Gasteiger partial charge on any atom is 0.419 e. The maximum absolute atomic E-state index is 13.0. The quantitative estimate of drug-likeness (QED) is 0.931. The van der Waals surface area contributed by atoms with Crippen molar-refractivity contribution in [3.8, 4) is 11.5 Å². The fourth-order valence-electron chi connectivity index (χ4n) is 2.35. The third kappa shape index (κ3) is 3.49. The summed E-state index contributed by atoms with van der Waals surface area (Å²) in [6.07, 6.45) is -2.37. The number of hydrogen-bond acceptors (Lipinski definition) is 4. The lowest BCUT2D eigenvalue weighted by molar-refractivity contribution is -0.137. The highest BCUT2D eigenvalue weighted by Crippen LogP contribution is 2.36. The Hall–Kier alpha value is -2.44. The van der Waals surface area contributed by atoms with Crippen molar-refractivity contribution in [1.82, 2.24) is 4.98 Å². The molecule has 0 fully saturated rings. The van der Waals surface area contributed by atoms with E-state index in [1.54, 1.807) is 18.2 Å². The topological polar surface area (TPSA) is 43.4 Å². The highest BCUT2D eigenvalue weighted by atomic mass is 19.4. The van der Waals surface area contributed by atoms with Crippen LogP contribution < -0.4 is 14.8 Å². The highest BCUT2D eigenvalue weighted by Gasteiger charge is 2.34. The van der Waals surface area contributed by atoms with Crippen molar-refractivity contribution in [1.29, 1.82) is 0 Å². The molecule has 0 unspecified atom stereocenters. The number of rotatable bonds is 3. The Kier molecular flexibility index (Phi) is 4.27. The molecule has 0 atom stereocenters. The van der Waals surface area contributed by atoms with Crippen molar-refractivity contribution in [3.63, 3.8) is 0 Å². The SMILES string of the molecule is FC(F)(F)c1cccnc1NCc1cccc2c1OCCCO2. The first kappa shape index (κ1) is 15.5. The van der Waals surface area contributed by atoms with Gasteiger partial charge in [0.2, 0.25) is 0 Å². The van der Waals surface area contributed by atoms with Crippen molar-refractivity contribution in [2.24, 2.45) is 0 Å². The van der Waals surface area contributed by atoms with E-state index in [1.807, 2.05) is 0 Å². The highest BCUT2D eigenvalue weighted by molar-refractivity contribution is 5.51. The van der Waals surface area contributed by atoms with Crippen LogP contribution in [0.5, 0.6) is 11.5 Å². The molecule has 1 aromatic heterocycles. The third-order valence-corrected chi connectivity index (χ3v) is 3.41. The van der Waals surface area contributed by atoms with E-state index in [1.165, 1.54) is 12.3 Å². The van der Waals surface area contributed by atoms with Gasteiger partial charge in [-0.15, -0.1) is 0 Å². The molecule has 0 saturated heterocycles. The number of aromatic nitrogens is 1. The zero-order valence-corrected chi connectivity index (χ0v) is 12.2. The smallest absolute Gasteiger partial charge is 0.419 e. The van der Waals surface area contributed by atoms with Crippen LogP contribution >= 0.6 is 0 Å². The number of halogens is 3. The second kappa shape index (κ2) is 6.36. The Morgan fingerprint density at radius 2 is 1.91 bits per heavy atom. The van der Waals surface area contributed by atoms with E-state index in [0.29, 0.717) is 24.7 Å². The maximum atomic E-state index is 13.0. The fraction of sp³-hybridized carbons (Fsp3) is 0.312. The first-order valence-electron chi connectivity index (χ1n) is 7.19. The summed E-state index contributed by atoms with van der Waals surface area (Å²) in [6.45, 7) is 1.23. The van der Waals surface area contributed by atoms with Crippen molar-refractivity contribution >= 4 is 5.82 Å². The zero-order chi connectivity index (χ0) is 16.3. The van der Waals surface area contributed by atoms with Crippen LogP contribution in [0.2, 0.25) is 0 Å². The Morgan fingerprint density at radius 1 is 1.09 bits per heavy atom. The molecule has 7 heteroatoms. The number of hydrogen-bond donors (Lipinski definition) is 1. The van der Waals surface area contributed by atoms with Gasteiger partial charge in [-0.1, -0.05) is 12.1 Å². The van der Waals surface area contributed by atoms with Gasteiger partial charge in [0.05, 0.1) is 18.8 Å². The third-order valence-electron chi connectivity index (χ3n) is 3.41. The van der Waals surface area contributed by atoms with E-state index in [0.717, 1.165) is 18.1 Å². The molecule has 122 valence electrons. The standard InChI is InChI=1S/C16H15F3N2O2/c17-16(18,19)12-5-2-7-20-15(12)21-10-11-4-1-6-13-14(11)23-9-3-8-22-13/h1-2,4-7H,3,8-10H2,(H,20,21). The molecule has 2 aromatic rings. The first-order chi connectivity index (χ1) is 11.1. The van der Waals surface area contributed by atoms with E-state index in [4.69, 9.17) is 9.47 Å². The van der Waals surface area contributed by atoms with Gasteiger partial charge in [-0.3, -0.25) is 0 Å². The van der Waals surface area contributed by atoms with E-state index >= 15 is 0 Å². The van der Waals surface area contributed by atoms with E-state index in [-0.39, 0.29) is 12.4 Å². The van der Waals surface area contributed by atoms with Gasteiger partial charge in [0.25, 0.3) is 0 Å². The van der Waals surface area contributed by atoms with Gasteiger partial charge in [0.1, 0.15) is 5.82 Å². The lowest BCUT2D eigenvalue weighted by atomic mass is 10.1. The number of para-hydroxylation sites is 1. The second-order valence-corrected chi connectivity index (χ2v) is 5.05. The Morgan fingerprint density at radius 3 is 2.74 bits per heavy atom. The molecule has 1 aliphatic heterocycles. The lowest BCUT2D eigenvalue weighted by Gasteiger charge is -2.15. The van der Waals surface area contributed by atoms with E-state index < -0.39 is 11.7 Å². The minimum absolute atomic E-state index is 0.159. The van der Waals surface area contributed by atoms with Crippen molar-refractivity contribution in [2.75, 3.05) is 18.5 Å². The van der Waals surface area contributed by atoms with E-state index in [9.17, 15) is 13.2 Å². The number of alkyl halides is 3. The largest absolute Gasteiger partial charge is 0.490 e. The van der Waals surface area contributed by atoms with Crippen LogP contribution in [0.15, 0.2) is 36.5 Å². The number of ether oxygens (including phenoxy) is 2. The fourth-order valence-corrected chi connectivity index (χ4v) is 2.35. The number of benzene rings is 1. The molecule has 0 radical (unpaired) electrons. The second-order valence-electron chi connectivity index (χ2n) is 5.05. The molecule has 3 rings (SSSR count). The Balaban J connectivity index is 1.83. The molecule has 1 aromatic carbocycles. The molecule has 0 bridgehead atoms. The summed E-state index contributed by atoms with van der Waals surface area (Å²) in [6, 6.07) is 7.62. The van der Waals surface area contributed by atoms with Crippen LogP contribution in [0.1, 0.15) is 17.5 Å². The van der Waals surface area contributed by atoms with Gasteiger partial charge in [0.15, 0.2) is 11.5 Å². The van der Waals surface area contributed by atoms with Gasteiger partial charge in [-0.2, -0.15) is 13.2 Å². The average Bonchev–Trinajstić information content (AvgIpc) is 2.78. The van der Waals surface area contributed by atoms with Crippen molar-refractivity contribution < 1.29 is 22.6 Å². The van der Waals surface area contributed by atoms with Crippen LogP contribution in [-0.2, 0) is 12.7 Å². The molecular weight excluding hydrogens is 309 g/mol. The summed E-state index contributed by atoms with van der Waals surface area (Å²) in [5.74, 6) is 0.980. The number of anilines is 1. The number of pyridine rings is 1. The summed E-state index contributed by atoms with van der Waals surface area (Å²) >= 11 is 0. The van der Waals surface area contributed by atoms with Crippen LogP contribution in [0, 0.1) is 0 Å². The molecule has 1 N–H and O–H groups in total. The van der Waals surface area contributed by atoms with Gasteiger partial charge in [-0.05, 0) is 18.2 Å². The molecule has 4 nitrogen and oxygen atoms in total. The van der Waals surface area contributed by atoms with Crippen LogP contribution in [0.25, 0.3) is 0 Å². The molecule has 0 spiro atoms. The first-order valence-corrected chi connectivity index (χ1v) is 7.19. The lowest BCUT2D eigenvalue weighted by Crippen LogP contribution is -2.12. The minimum Gasteiger partial charge on any atom is -0.490 e. The summed E-state index contributed by atoms with van der Waals surface area (Å²) in [4.78, 5) is 3.79. The Labute approximate surface area is 131 Å². The molecule has 1 aliphatic rings. The predicted molar refractivity (Wildman–Crippen MR) is 78.6 cm³/mol.